The van der Waals surface area contributed by atoms with E-state index in [4.69, 9.17) is 23.2 Å². The van der Waals surface area contributed by atoms with Crippen molar-refractivity contribution in [2.75, 3.05) is 19.1 Å². The molecule has 0 saturated carbocycles. The van der Waals surface area contributed by atoms with E-state index in [0.29, 0.717) is 22.7 Å². The summed E-state index contributed by atoms with van der Waals surface area (Å²) in [6, 6.07) is 15.2. The van der Waals surface area contributed by atoms with E-state index in [9.17, 15) is 0 Å². The van der Waals surface area contributed by atoms with Crippen LogP contribution in [0.3, 0.4) is 0 Å². The summed E-state index contributed by atoms with van der Waals surface area (Å²) in [7, 11) is 1.92. The number of halogens is 2. The van der Waals surface area contributed by atoms with Crippen LogP contribution in [0.15, 0.2) is 58.5 Å². The van der Waals surface area contributed by atoms with Crippen molar-refractivity contribution in [3.63, 3.8) is 0 Å². The van der Waals surface area contributed by atoms with Gasteiger partial charge < -0.3 is 4.90 Å². The highest BCUT2D eigenvalue weighted by atomic mass is 35.5. The Balaban J connectivity index is 1.78. The highest BCUT2D eigenvalue weighted by Gasteiger charge is 2.16. The average Bonchev–Trinajstić information content (AvgIpc) is 2.58. The summed E-state index contributed by atoms with van der Waals surface area (Å²) in [5.74, 6) is 1.28. The monoisotopic (exact) mass is 347 g/mol. The standard InChI is InChI=1S/C16H15Cl2N5/c1-23-10-19-16(22-21-12-5-3-2-4-6-12)20-15(23)11-7-8-13(17)14(18)9-11/h2-9,21H,10H2,1H3,(H,19,22). The largest absolute Gasteiger partial charge is 0.339 e. The molecule has 1 heterocycles. The zero-order valence-corrected chi connectivity index (χ0v) is 13.9. The number of rotatable bonds is 3. The number of anilines is 1. The summed E-state index contributed by atoms with van der Waals surface area (Å²) in [4.78, 5) is 10.8. The number of hydrogen-bond acceptors (Lipinski definition) is 5. The van der Waals surface area contributed by atoms with Crippen LogP contribution < -0.4 is 10.9 Å². The van der Waals surface area contributed by atoms with Crippen molar-refractivity contribution in [3.05, 3.63) is 64.1 Å². The topological polar surface area (TPSA) is 52.0 Å². The van der Waals surface area contributed by atoms with Crippen LogP contribution in [0.25, 0.3) is 0 Å². The lowest BCUT2D eigenvalue weighted by Crippen LogP contribution is -2.38. The van der Waals surface area contributed by atoms with E-state index in [1.54, 1.807) is 12.1 Å². The van der Waals surface area contributed by atoms with Crippen LogP contribution in [0.2, 0.25) is 10.0 Å². The minimum absolute atomic E-state index is 0.498. The molecule has 0 aromatic heterocycles. The molecule has 0 saturated heterocycles. The first-order valence-corrected chi connectivity index (χ1v) is 7.76. The molecule has 0 amide bonds. The van der Waals surface area contributed by atoms with Crippen molar-refractivity contribution in [2.45, 2.75) is 0 Å². The lowest BCUT2D eigenvalue weighted by Gasteiger charge is -2.24. The molecule has 7 heteroatoms. The molecule has 0 aliphatic carbocycles. The van der Waals surface area contributed by atoms with Gasteiger partial charge in [-0.2, -0.15) is 4.99 Å². The molecule has 0 unspecified atom stereocenters. The van der Waals surface area contributed by atoms with Gasteiger partial charge in [0.05, 0.1) is 15.7 Å². The number of hydrazine groups is 1. The number of para-hydroxylation sites is 1. The Kier molecular flexibility index (Phi) is 4.69. The SMILES string of the molecule is CN1CN=C(NNc2ccccc2)N=C1c1ccc(Cl)c(Cl)c1. The Morgan fingerprint density at radius 2 is 1.78 bits per heavy atom. The van der Waals surface area contributed by atoms with Gasteiger partial charge in [-0.05, 0) is 30.3 Å². The van der Waals surface area contributed by atoms with Crippen LogP contribution in [0.5, 0.6) is 0 Å². The Bertz CT molecular complexity index is 758. The molecule has 0 radical (unpaired) electrons. The molecule has 0 spiro atoms. The molecular formula is C16H15Cl2N5. The van der Waals surface area contributed by atoms with Gasteiger partial charge in [-0.3, -0.25) is 10.9 Å². The molecule has 3 rings (SSSR count). The van der Waals surface area contributed by atoms with Crippen molar-refractivity contribution in [1.82, 2.24) is 10.3 Å². The maximum Gasteiger partial charge on any atom is 0.240 e. The summed E-state index contributed by atoms with van der Waals surface area (Å²) in [6.07, 6.45) is 0. The van der Waals surface area contributed by atoms with Gasteiger partial charge in [0.1, 0.15) is 12.5 Å². The zero-order chi connectivity index (χ0) is 16.2. The summed E-state index contributed by atoms with van der Waals surface area (Å²) in [5.41, 5.74) is 7.90. The Morgan fingerprint density at radius 3 is 2.52 bits per heavy atom. The number of hydrogen-bond donors (Lipinski definition) is 2. The van der Waals surface area contributed by atoms with E-state index in [1.807, 2.05) is 48.3 Å². The number of benzene rings is 2. The van der Waals surface area contributed by atoms with Gasteiger partial charge >= 0.3 is 0 Å². The van der Waals surface area contributed by atoms with Gasteiger partial charge in [-0.25, -0.2) is 4.99 Å². The molecule has 1 aliphatic heterocycles. The van der Waals surface area contributed by atoms with E-state index < -0.39 is 0 Å². The summed E-state index contributed by atoms with van der Waals surface area (Å²) >= 11 is 12.1. The third-order valence-corrected chi connectivity index (χ3v) is 4.02. The van der Waals surface area contributed by atoms with E-state index in [1.165, 1.54) is 0 Å². The van der Waals surface area contributed by atoms with Gasteiger partial charge in [0.15, 0.2) is 0 Å². The number of guanidine groups is 1. The molecule has 0 bridgehead atoms. The molecule has 23 heavy (non-hydrogen) atoms. The lowest BCUT2D eigenvalue weighted by atomic mass is 10.2. The van der Waals surface area contributed by atoms with Crippen LogP contribution in [0.4, 0.5) is 5.69 Å². The number of aliphatic imine (C=N–C) groups is 2. The zero-order valence-electron chi connectivity index (χ0n) is 12.4. The maximum atomic E-state index is 6.09. The van der Waals surface area contributed by atoms with Crippen molar-refractivity contribution >= 4 is 40.7 Å². The van der Waals surface area contributed by atoms with E-state index in [2.05, 4.69) is 20.8 Å². The molecule has 2 N–H and O–H groups in total. The van der Waals surface area contributed by atoms with Crippen molar-refractivity contribution < 1.29 is 0 Å². The van der Waals surface area contributed by atoms with Crippen molar-refractivity contribution in [1.29, 1.82) is 0 Å². The maximum absolute atomic E-state index is 6.09. The quantitative estimate of drug-likeness (QED) is 0.833. The second-order valence-corrected chi connectivity index (χ2v) is 5.82. The van der Waals surface area contributed by atoms with E-state index in [0.717, 1.165) is 17.1 Å². The fourth-order valence-corrected chi connectivity index (χ4v) is 2.40. The Hall–Kier alpha value is -2.24. The second-order valence-electron chi connectivity index (χ2n) is 5.00. The Morgan fingerprint density at radius 1 is 1.00 bits per heavy atom. The minimum Gasteiger partial charge on any atom is -0.339 e. The van der Waals surface area contributed by atoms with Crippen LogP contribution >= 0.6 is 23.2 Å². The molecule has 0 fully saturated rings. The van der Waals surface area contributed by atoms with Gasteiger partial charge in [0.2, 0.25) is 5.96 Å². The molecular weight excluding hydrogens is 333 g/mol. The van der Waals surface area contributed by atoms with Crippen LogP contribution in [0.1, 0.15) is 5.56 Å². The van der Waals surface area contributed by atoms with Crippen LogP contribution in [-0.4, -0.2) is 30.4 Å². The van der Waals surface area contributed by atoms with Gasteiger partial charge in [0.25, 0.3) is 0 Å². The summed E-state index contributed by atoms with van der Waals surface area (Å²) in [6.45, 7) is 0.498. The smallest absolute Gasteiger partial charge is 0.240 e. The fourth-order valence-electron chi connectivity index (χ4n) is 2.10. The van der Waals surface area contributed by atoms with Crippen LogP contribution in [-0.2, 0) is 0 Å². The molecule has 2 aromatic rings. The van der Waals surface area contributed by atoms with Crippen LogP contribution in [0, 0.1) is 0 Å². The molecule has 118 valence electrons. The first-order chi connectivity index (χ1) is 11.1. The number of amidine groups is 1. The predicted molar refractivity (Wildman–Crippen MR) is 96.3 cm³/mol. The average molecular weight is 348 g/mol. The fraction of sp³-hybridized carbons (Fsp3) is 0.125. The third kappa shape index (κ3) is 3.75. The molecule has 0 atom stereocenters. The van der Waals surface area contributed by atoms with Gasteiger partial charge in [-0.15, -0.1) is 0 Å². The highest BCUT2D eigenvalue weighted by Crippen LogP contribution is 2.23. The first kappa shape index (κ1) is 15.6. The van der Waals surface area contributed by atoms with Crippen molar-refractivity contribution in [3.8, 4) is 0 Å². The van der Waals surface area contributed by atoms with Gasteiger partial charge in [-0.1, -0.05) is 41.4 Å². The lowest BCUT2D eigenvalue weighted by molar-refractivity contribution is 0.514. The third-order valence-electron chi connectivity index (χ3n) is 3.28. The number of nitrogens with zero attached hydrogens (tertiary/aromatic N) is 3. The van der Waals surface area contributed by atoms with Crippen molar-refractivity contribution in [2.24, 2.45) is 9.98 Å². The van der Waals surface area contributed by atoms with E-state index in [-0.39, 0.29) is 0 Å². The summed E-state index contributed by atoms with van der Waals surface area (Å²) in [5, 5.41) is 1.02. The first-order valence-electron chi connectivity index (χ1n) is 7.00. The molecule has 2 aromatic carbocycles. The Labute approximate surface area is 144 Å². The molecule has 1 aliphatic rings. The number of nitrogens with one attached hydrogen (secondary N) is 2. The molecule has 5 nitrogen and oxygen atoms in total. The predicted octanol–water partition coefficient (Wildman–Crippen LogP) is 3.62. The second kappa shape index (κ2) is 6.89. The summed E-state index contributed by atoms with van der Waals surface area (Å²) < 4.78 is 0. The van der Waals surface area contributed by atoms with E-state index >= 15 is 0 Å². The van der Waals surface area contributed by atoms with Gasteiger partial charge in [0, 0.05) is 12.6 Å². The minimum atomic E-state index is 0.498. The highest BCUT2D eigenvalue weighted by molar-refractivity contribution is 6.42. The normalized spacial score (nSPS) is 14.1.